The summed E-state index contributed by atoms with van der Waals surface area (Å²) in [6.07, 6.45) is 2.83. The van der Waals surface area contributed by atoms with E-state index in [1.807, 2.05) is 30.3 Å². The van der Waals surface area contributed by atoms with Crippen LogP contribution in [0.3, 0.4) is 0 Å². The molecule has 0 aliphatic carbocycles. The number of pyridine rings is 1. The number of anilines is 2. The average Bonchev–Trinajstić information content (AvgIpc) is 2.79. The number of piperazine rings is 1. The van der Waals surface area contributed by atoms with Gasteiger partial charge in [-0.1, -0.05) is 32.0 Å². The maximum Gasteiger partial charge on any atom is 0.216 e. The molecule has 2 heterocycles. The Balaban J connectivity index is 0.00000363. The van der Waals surface area contributed by atoms with Gasteiger partial charge < -0.3 is 16.0 Å². The number of aromatic nitrogens is 1. The average molecular weight is 573 g/mol. The molecular weight excluding hydrogens is 539 g/mol. The Morgan fingerprint density at radius 1 is 1.16 bits per heavy atom. The Morgan fingerprint density at radius 3 is 2.44 bits per heavy atom. The number of halogens is 1. The van der Waals surface area contributed by atoms with Gasteiger partial charge in [-0.3, -0.25) is 4.99 Å². The number of aliphatic imine (C=N–C) groups is 1. The van der Waals surface area contributed by atoms with Crippen LogP contribution in [-0.2, 0) is 10.0 Å². The summed E-state index contributed by atoms with van der Waals surface area (Å²) in [5.74, 6) is 1.54. The number of guanidine groups is 1. The lowest BCUT2D eigenvalue weighted by molar-refractivity contribution is 0.384. The van der Waals surface area contributed by atoms with Gasteiger partial charge in [-0.15, -0.1) is 24.0 Å². The third-order valence-corrected chi connectivity index (χ3v) is 7.45. The van der Waals surface area contributed by atoms with Crippen LogP contribution in [0.5, 0.6) is 0 Å². The molecule has 3 N–H and O–H groups in total. The van der Waals surface area contributed by atoms with Crippen LogP contribution in [-0.4, -0.2) is 62.1 Å². The standard InChI is InChI=1S/C22H32N6O2S.HI/c1-3-18(2)19-7-9-20(10-8-19)26-22(23)25-12-17-31(29,30)28-15-13-27(14-16-28)21-6-4-5-11-24-21;/h4-11,18H,3,12-17H2,1-2H3,(H3,23,25,26);1H. The number of rotatable bonds is 8. The summed E-state index contributed by atoms with van der Waals surface area (Å²) in [7, 11) is -3.38. The fraction of sp³-hybridized carbons (Fsp3) is 0.455. The molecule has 8 nitrogen and oxygen atoms in total. The molecule has 0 amide bonds. The summed E-state index contributed by atoms with van der Waals surface area (Å²) in [6.45, 7) is 6.60. The molecule has 0 saturated carbocycles. The molecule has 0 bridgehead atoms. The van der Waals surface area contributed by atoms with Gasteiger partial charge in [0.15, 0.2) is 5.96 Å². The van der Waals surface area contributed by atoms with Gasteiger partial charge in [-0.2, -0.15) is 4.31 Å². The van der Waals surface area contributed by atoms with Gasteiger partial charge in [0.1, 0.15) is 5.82 Å². The van der Waals surface area contributed by atoms with E-state index in [2.05, 4.69) is 46.2 Å². The van der Waals surface area contributed by atoms with Crippen molar-refractivity contribution in [2.45, 2.75) is 26.2 Å². The van der Waals surface area contributed by atoms with Crippen LogP contribution in [0.15, 0.2) is 53.7 Å². The molecule has 1 aromatic heterocycles. The van der Waals surface area contributed by atoms with Crippen molar-refractivity contribution in [3.8, 4) is 0 Å². The quantitative estimate of drug-likeness (QED) is 0.286. The van der Waals surface area contributed by atoms with Crippen LogP contribution in [0.1, 0.15) is 31.7 Å². The summed E-state index contributed by atoms with van der Waals surface area (Å²) in [5.41, 5.74) is 8.05. The van der Waals surface area contributed by atoms with Crippen molar-refractivity contribution in [2.24, 2.45) is 10.7 Å². The molecule has 1 atom stereocenters. The first-order valence-electron chi connectivity index (χ1n) is 10.7. The highest BCUT2D eigenvalue weighted by Crippen LogP contribution is 2.20. The fourth-order valence-electron chi connectivity index (χ4n) is 3.46. The van der Waals surface area contributed by atoms with Crippen molar-refractivity contribution in [3.63, 3.8) is 0 Å². The first kappa shape index (κ1) is 26.3. The number of nitrogens with one attached hydrogen (secondary N) is 1. The second-order valence-electron chi connectivity index (χ2n) is 7.71. The molecule has 1 saturated heterocycles. The highest BCUT2D eigenvalue weighted by Gasteiger charge is 2.26. The Hall–Kier alpha value is -1.92. The largest absolute Gasteiger partial charge is 0.370 e. The van der Waals surface area contributed by atoms with Gasteiger partial charge in [-0.25, -0.2) is 13.4 Å². The smallest absolute Gasteiger partial charge is 0.216 e. The second-order valence-corrected chi connectivity index (χ2v) is 9.80. The zero-order valence-corrected chi connectivity index (χ0v) is 21.8. The van der Waals surface area contributed by atoms with Crippen LogP contribution in [0.4, 0.5) is 11.5 Å². The van der Waals surface area contributed by atoms with E-state index >= 15 is 0 Å². The molecule has 0 spiro atoms. The number of sulfonamides is 1. The summed E-state index contributed by atoms with van der Waals surface area (Å²) >= 11 is 0. The topological polar surface area (TPSA) is 104 Å². The summed E-state index contributed by atoms with van der Waals surface area (Å²) in [6, 6.07) is 13.8. The molecule has 1 aliphatic rings. The first-order valence-corrected chi connectivity index (χ1v) is 12.3. The van der Waals surface area contributed by atoms with Gasteiger partial charge in [0, 0.05) is 38.1 Å². The zero-order chi connectivity index (χ0) is 22.3. The Bertz CT molecular complexity index is 962. The highest BCUT2D eigenvalue weighted by molar-refractivity contribution is 14.0. The molecule has 2 aromatic rings. The lowest BCUT2D eigenvalue weighted by atomic mass is 9.99. The van der Waals surface area contributed by atoms with Crippen LogP contribution in [0.25, 0.3) is 0 Å². The van der Waals surface area contributed by atoms with E-state index in [9.17, 15) is 8.42 Å². The zero-order valence-electron chi connectivity index (χ0n) is 18.6. The van der Waals surface area contributed by atoms with Crippen molar-refractivity contribution in [1.29, 1.82) is 0 Å². The number of hydrogen-bond donors (Lipinski definition) is 2. The molecule has 1 fully saturated rings. The maximum absolute atomic E-state index is 12.7. The summed E-state index contributed by atoms with van der Waals surface area (Å²) in [4.78, 5) is 10.6. The van der Waals surface area contributed by atoms with E-state index < -0.39 is 10.0 Å². The van der Waals surface area contributed by atoms with Gasteiger partial charge in [0.2, 0.25) is 10.0 Å². The van der Waals surface area contributed by atoms with Crippen LogP contribution < -0.4 is 16.0 Å². The van der Waals surface area contributed by atoms with E-state index in [0.717, 1.165) is 17.9 Å². The van der Waals surface area contributed by atoms with Crippen LogP contribution in [0, 0.1) is 0 Å². The minimum absolute atomic E-state index is 0. The lowest BCUT2D eigenvalue weighted by Gasteiger charge is -2.34. The minimum atomic E-state index is -3.38. The molecule has 0 radical (unpaired) electrons. The minimum Gasteiger partial charge on any atom is -0.370 e. The van der Waals surface area contributed by atoms with E-state index in [1.165, 1.54) is 9.87 Å². The maximum atomic E-state index is 12.7. The molecule has 10 heteroatoms. The Morgan fingerprint density at radius 2 is 1.84 bits per heavy atom. The van der Waals surface area contributed by atoms with E-state index in [-0.39, 0.29) is 42.2 Å². The monoisotopic (exact) mass is 572 g/mol. The predicted molar refractivity (Wildman–Crippen MR) is 142 cm³/mol. The third kappa shape index (κ3) is 7.31. The number of nitrogens with zero attached hydrogens (tertiary/aromatic N) is 4. The number of benzene rings is 1. The molecule has 1 unspecified atom stereocenters. The van der Waals surface area contributed by atoms with Gasteiger partial charge >= 0.3 is 0 Å². The van der Waals surface area contributed by atoms with Crippen molar-refractivity contribution in [2.75, 3.05) is 48.7 Å². The van der Waals surface area contributed by atoms with Gasteiger partial charge in [0.25, 0.3) is 0 Å². The van der Waals surface area contributed by atoms with E-state index in [4.69, 9.17) is 5.73 Å². The lowest BCUT2D eigenvalue weighted by Crippen LogP contribution is -2.49. The van der Waals surface area contributed by atoms with E-state index in [1.54, 1.807) is 6.20 Å². The number of hydrogen-bond acceptors (Lipinski definition) is 5. The SMILES string of the molecule is CCC(C)c1ccc(NC(N)=NCCS(=O)(=O)N2CCN(c3ccccn3)CC2)cc1.I. The molecule has 3 rings (SSSR count). The molecule has 176 valence electrons. The Labute approximate surface area is 208 Å². The number of nitrogens with two attached hydrogens (primary N) is 1. The predicted octanol–water partition coefficient (Wildman–Crippen LogP) is 3.09. The van der Waals surface area contributed by atoms with Gasteiger partial charge in [0.05, 0.1) is 12.3 Å². The third-order valence-electron chi connectivity index (χ3n) is 5.60. The van der Waals surface area contributed by atoms with Crippen molar-refractivity contribution in [1.82, 2.24) is 9.29 Å². The normalized spacial score (nSPS) is 16.3. The first-order chi connectivity index (χ1) is 14.9. The molecular formula is C22H33IN6O2S. The Kier molecular flexibility index (Phi) is 10.2. The fourth-order valence-corrected chi connectivity index (χ4v) is 4.76. The van der Waals surface area contributed by atoms with Gasteiger partial charge in [-0.05, 0) is 42.2 Å². The van der Waals surface area contributed by atoms with Crippen LogP contribution >= 0.6 is 24.0 Å². The summed E-state index contributed by atoms with van der Waals surface area (Å²) < 4.78 is 26.8. The van der Waals surface area contributed by atoms with Crippen LogP contribution in [0.2, 0.25) is 0 Å². The van der Waals surface area contributed by atoms with Crippen molar-refractivity contribution < 1.29 is 8.42 Å². The van der Waals surface area contributed by atoms with Crippen molar-refractivity contribution in [3.05, 3.63) is 54.2 Å². The molecule has 1 aromatic carbocycles. The highest BCUT2D eigenvalue weighted by atomic mass is 127. The van der Waals surface area contributed by atoms with Crippen molar-refractivity contribution >= 4 is 51.5 Å². The second kappa shape index (κ2) is 12.4. The molecule has 32 heavy (non-hydrogen) atoms. The van der Waals surface area contributed by atoms with E-state index in [0.29, 0.717) is 32.1 Å². The summed E-state index contributed by atoms with van der Waals surface area (Å²) in [5, 5.41) is 3.02. The molecule has 1 aliphatic heterocycles.